The Morgan fingerprint density at radius 3 is 2.93 bits per heavy atom. The van der Waals surface area contributed by atoms with Crippen LogP contribution in [0.25, 0.3) is 5.65 Å². The van der Waals surface area contributed by atoms with Crippen LogP contribution in [-0.4, -0.2) is 39.3 Å². The molecule has 1 atom stereocenters. The molecule has 3 heterocycles. The number of nitrogens with one attached hydrogen (secondary N) is 1. The first-order valence-corrected chi connectivity index (χ1v) is 9.95. The van der Waals surface area contributed by atoms with Gasteiger partial charge >= 0.3 is 5.97 Å². The minimum atomic E-state index is -0.827. The zero-order valence-electron chi connectivity index (χ0n) is 15.2. The van der Waals surface area contributed by atoms with Crippen molar-refractivity contribution in [3.8, 4) is 0 Å². The molecule has 1 N–H and O–H groups in total. The molecule has 0 fully saturated rings. The third-order valence-electron chi connectivity index (χ3n) is 3.93. The van der Waals surface area contributed by atoms with Gasteiger partial charge in [-0.15, -0.1) is 0 Å². The molecule has 3 aromatic heterocycles. The molecule has 9 heteroatoms. The number of carbonyl (C=O) groups is 2. The topological polar surface area (TPSA) is 103 Å². The molecule has 8 nitrogen and oxygen atoms in total. The molecule has 28 heavy (non-hydrogen) atoms. The summed E-state index contributed by atoms with van der Waals surface area (Å²) in [4.78, 5) is 41.1. The fraction of sp³-hybridized carbons (Fsp3) is 0.263. The van der Waals surface area contributed by atoms with Crippen LogP contribution >= 0.6 is 11.8 Å². The van der Waals surface area contributed by atoms with Gasteiger partial charge in [0.25, 0.3) is 11.5 Å². The predicted molar refractivity (Wildman–Crippen MR) is 104 cm³/mol. The van der Waals surface area contributed by atoms with Crippen molar-refractivity contribution in [2.45, 2.75) is 19.1 Å². The maximum absolute atomic E-state index is 12.5. The zero-order chi connectivity index (χ0) is 19.9. The number of amides is 1. The van der Waals surface area contributed by atoms with Gasteiger partial charge in [-0.1, -0.05) is 6.07 Å². The summed E-state index contributed by atoms with van der Waals surface area (Å²) in [5, 5.41) is 2.62. The molecule has 0 bridgehead atoms. The van der Waals surface area contributed by atoms with E-state index in [1.54, 1.807) is 42.2 Å². The second kappa shape index (κ2) is 9.23. The number of esters is 1. The summed E-state index contributed by atoms with van der Waals surface area (Å²) in [5.41, 5.74) is 0.540. The molecule has 0 aliphatic heterocycles. The van der Waals surface area contributed by atoms with Gasteiger partial charge in [-0.3, -0.25) is 14.0 Å². The molecule has 1 amide bonds. The van der Waals surface area contributed by atoms with E-state index in [1.807, 2.05) is 6.26 Å². The molecular formula is C19H19N3O5S. The van der Waals surface area contributed by atoms with Crippen LogP contribution in [0.5, 0.6) is 0 Å². The average Bonchev–Trinajstić information content (AvgIpc) is 3.24. The Morgan fingerprint density at radius 2 is 2.18 bits per heavy atom. The fourth-order valence-electron chi connectivity index (χ4n) is 2.54. The minimum absolute atomic E-state index is 0.117. The maximum atomic E-state index is 12.5. The molecular weight excluding hydrogens is 382 g/mol. The third kappa shape index (κ3) is 4.80. The van der Waals surface area contributed by atoms with Crippen molar-refractivity contribution >= 4 is 29.3 Å². The number of fused-ring (bicyclic) bond motifs is 1. The molecule has 146 valence electrons. The highest BCUT2D eigenvalue weighted by molar-refractivity contribution is 7.98. The normalized spacial score (nSPS) is 11.9. The van der Waals surface area contributed by atoms with Crippen molar-refractivity contribution in [3.05, 3.63) is 70.7 Å². The van der Waals surface area contributed by atoms with Gasteiger partial charge in [0.2, 0.25) is 0 Å². The number of hydrogen-bond acceptors (Lipinski definition) is 7. The average molecular weight is 401 g/mol. The summed E-state index contributed by atoms with van der Waals surface area (Å²) in [7, 11) is 0. The van der Waals surface area contributed by atoms with Crippen LogP contribution in [0, 0.1) is 0 Å². The summed E-state index contributed by atoms with van der Waals surface area (Å²) in [6.07, 6.45) is 5.31. The van der Waals surface area contributed by atoms with Crippen LogP contribution in [0.15, 0.2) is 58.1 Å². The van der Waals surface area contributed by atoms with Crippen LogP contribution in [0.4, 0.5) is 0 Å². The monoisotopic (exact) mass is 401 g/mol. The van der Waals surface area contributed by atoms with E-state index in [1.165, 1.54) is 22.8 Å². The number of aromatic nitrogens is 2. The van der Waals surface area contributed by atoms with E-state index < -0.39 is 17.9 Å². The fourth-order valence-corrected chi connectivity index (χ4v) is 3.02. The molecule has 0 aromatic carbocycles. The molecule has 3 aromatic rings. The van der Waals surface area contributed by atoms with E-state index in [2.05, 4.69) is 10.3 Å². The van der Waals surface area contributed by atoms with Gasteiger partial charge in [0.05, 0.1) is 12.0 Å². The van der Waals surface area contributed by atoms with E-state index >= 15 is 0 Å². The number of ether oxygens (including phenoxy) is 1. The molecule has 0 saturated heterocycles. The molecule has 0 aliphatic rings. The summed E-state index contributed by atoms with van der Waals surface area (Å²) in [5.74, 6) is -0.307. The lowest BCUT2D eigenvalue weighted by molar-refractivity contribution is -0.147. The Kier molecular flexibility index (Phi) is 6.49. The van der Waals surface area contributed by atoms with Crippen molar-refractivity contribution in [2.75, 3.05) is 12.0 Å². The SMILES string of the molecule is CSCCC(NC(=O)c1ccco1)C(=O)OCc1cc(=O)n2ccccc2n1. The number of furan rings is 1. The highest BCUT2D eigenvalue weighted by Crippen LogP contribution is 2.08. The maximum Gasteiger partial charge on any atom is 0.329 e. The molecule has 0 spiro atoms. The van der Waals surface area contributed by atoms with E-state index in [9.17, 15) is 14.4 Å². The number of pyridine rings is 1. The van der Waals surface area contributed by atoms with E-state index in [4.69, 9.17) is 9.15 Å². The van der Waals surface area contributed by atoms with Crippen LogP contribution in [0.2, 0.25) is 0 Å². The second-order valence-corrected chi connectivity index (χ2v) is 6.89. The highest BCUT2D eigenvalue weighted by Gasteiger charge is 2.24. The Labute approximate surface area is 164 Å². The third-order valence-corrected chi connectivity index (χ3v) is 4.58. The van der Waals surface area contributed by atoms with Crippen molar-refractivity contribution in [1.82, 2.24) is 14.7 Å². The van der Waals surface area contributed by atoms with Gasteiger partial charge in [0.15, 0.2) is 5.76 Å². The van der Waals surface area contributed by atoms with E-state index in [0.717, 1.165) is 0 Å². The van der Waals surface area contributed by atoms with Crippen LogP contribution < -0.4 is 10.9 Å². The van der Waals surface area contributed by atoms with Crippen LogP contribution in [0.1, 0.15) is 22.7 Å². The number of carbonyl (C=O) groups excluding carboxylic acids is 2. The highest BCUT2D eigenvalue weighted by atomic mass is 32.2. The van der Waals surface area contributed by atoms with Crippen LogP contribution in [0.3, 0.4) is 0 Å². The molecule has 0 radical (unpaired) electrons. The Bertz CT molecular complexity index is 1020. The Morgan fingerprint density at radius 1 is 1.32 bits per heavy atom. The Hall–Kier alpha value is -3.07. The first-order chi connectivity index (χ1) is 13.6. The Balaban J connectivity index is 1.67. The standard InChI is InChI=1S/C19H19N3O5S/c1-28-10-7-14(21-18(24)15-5-4-9-26-15)19(25)27-12-13-11-17(23)22-8-3-2-6-16(22)20-13/h2-6,8-9,11,14H,7,10,12H2,1H3,(H,21,24). The van der Waals surface area contributed by atoms with Gasteiger partial charge in [0.1, 0.15) is 18.3 Å². The van der Waals surface area contributed by atoms with Crippen LogP contribution in [-0.2, 0) is 16.1 Å². The van der Waals surface area contributed by atoms with Crippen molar-refractivity contribution in [2.24, 2.45) is 0 Å². The van der Waals surface area contributed by atoms with E-state index in [-0.39, 0.29) is 17.9 Å². The summed E-state index contributed by atoms with van der Waals surface area (Å²) in [6.45, 7) is -0.161. The number of hydrogen-bond donors (Lipinski definition) is 1. The van der Waals surface area contributed by atoms with Gasteiger partial charge in [-0.25, -0.2) is 9.78 Å². The lowest BCUT2D eigenvalue weighted by Gasteiger charge is -2.16. The van der Waals surface area contributed by atoms with Gasteiger partial charge in [-0.05, 0) is 42.7 Å². The minimum Gasteiger partial charge on any atom is -0.459 e. The van der Waals surface area contributed by atoms with Crippen molar-refractivity contribution < 1.29 is 18.7 Å². The molecule has 1 unspecified atom stereocenters. The van der Waals surface area contributed by atoms with E-state index in [0.29, 0.717) is 23.5 Å². The predicted octanol–water partition coefficient (Wildman–Crippen LogP) is 1.88. The summed E-state index contributed by atoms with van der Waals surface area (Å²) in [6, 6.07) is 8.78. The first-order valence-electron chi connectivity index (χ1n) is 8.56. The zero-order valence-corrected chi connectivity index (χ0v) is 16.0. The van der Waals surface area contributed by atoms with Gasteiger partial charge in [0, 0.05) is 12.3 Å². The smallest absolute Gasteiger partial charge is 0.329 e. The second-order valence-electron chi connectivity index (χ2n) is 5.91. The molecule has 3 rings (SSSR count). The quantitative estimate of drug-likeness (QED) is 0.575. The number of thioether (sulfide) groups is 1. The number of nitrogens with zero attached hydrogens (tertiary/aromatic N) is 2. The lowest BCUT2D eigenvalue weighted by Crippen LogP contribution is -2.42. The summed E-state index contributed by atoms with van der Waals surface area (Å²) >= 11 is 1.55. The summed E-state index contributed by atoms with van der Waals surface area (Å²) < 4.78 is 11.8. The molecule has 0 aliphatic carbocycles. The van der Waals surface area contributed by atoms with Gasteiger partial charge in [-0.2, -0.15) is 11.8 Å². The van der Waals surface area contributed by atoms with Gasteiger partial charge < -0.3 is 14.5 Å². The first kappa shape index (κ1) is 19.7. The number of rotatable bonds is 8. The molecule has 0 saturated carbocycles. The lowest BCUT2D eigenvalue weighted by atomic mass is 10.2. The largest absolute Gasteiger partial charge is 0.459 e. The van der Waals surface area contributed by atoms with Crippen molar-refractivity contribution in [1.29, 1.82) is 0 Å². The van der Waals surface area contributed by atoms with Crippen molar-refractivity contribution in [3.63, 3.8) is 0 Å².